The van der Waals surface area contributed by atoms with Crippen molar-refractivity contribution in [3.8, 4) is 5.75 Å². The molecule has 0 spiro atoms. The first-order chi connectivity index (χ1) is 9.72. The summed E-state index contributed by atoms with van der Waals surface area (Å²) in [6.07, 6.45) is 5.10. The third-order valence-corrected chi connectivity index (χ3v) is 4.10. The molecule has 118 valence electrons. The molecule has 0 unspecified atom stereocenters. The van der Waals surface area contributed by atoms with Crippen LogP contribution in [0.4, 0.5) is 0 Å². The van der Waals surface area contributed by atoms with Gasteiger partial charge in [-0.25, -0.2) is 0 Å². The largest absolute Gasteiger partial charge is 0.496 e. The summed E-state index contributed by atoms with van der Waals surface area (Å²) in [6, 6.07) is 6.57. The summed E-state index contributed by atoms with van der Waals surface area (Å²) in [6.45, 7) is 0.689. The van der Waals surface area contributed by atoms with Gasteiger partial charge in [0.05, 0.1) is 7.11 Å². The lowest BCUT2D eigenvalue weighted by Gasteiger charge is -2.17. The number of halogens is 2. The Morgan fingerprint density at radius 3 is 2.71 bits per heavy atom. The Bertz CT molecular complexity index is 476. The van der Waals surface area contributed by atoms with Gasteiger partial charge in [0.15, 0.2) is 5.96 Å². The number of hydrogen-bond donors (Lipinski definition) is 2. The molecule has 1 aliphatic carbocycles. The molecule has 1 fully saturated rings. The molecular weight excluding hydrogens is 445 g/mol. The molecule has 1 aromatic rings. The Morgan fingerprint density at radius 1 is 1.38 bits per heavy atom. The normalized spacial score (nSPS) is 15.5. The molecule has 21 heavy (non-hydrogen) atoms. The van der Waals surface area contributed by atoms with Gasteiger partial charge in [-0.05, 0) is 31.0 Å². The number of rotatable bonds is 4. The predicted molar refractivity (Wildman–Crippen MR) is 102 cm³/mol. The lowest BCUT2D eigenvalue weighted by molar-refractivity contribution is 0.409. The molecule has 4 nitrogen and oxygen atoms in total. The second-order valence-corrected chi connectivity index (χ2v) is 5.92. The molecular formula is C15H23BrIN3O. The maximum atomic E-state index is 5.38. The zero-order valence-corrected chi connectivity index (χ0v) is 16.4. The van der Waals surface area contributed by atoms with Crippen molar-refractivity contribution < 1.29 is 4.74 Å². The topological polar surface area (TPSA) is 45.7 Å². The number of ether oxygens (including phenoxy) is 1. The highest BCUT2D eigenvalue weighted by atomic mass is 127. The first-order valence-corrected chi connectivity index (χ1v) is 7.82. The van der Waals surface area contributed by atoms with Crippen LogP contribution in [0.15, 0.2) is 27.7 Å². The molecule has 0 bridgehead atoms. The number of benzene rings is 1. The van der Waals surface area contributed by atoms with Gasteiger partial charge >= 0.3 is 0 Å². The van der Waals surface area contributed by atoms with Crippen LogP contribution in [0.2, 0.25) is 0 Å². The van der Waals surface area contributed by atoms with Crippen molar-refractivity contribution in [2.75, 3.05) is 14.2 Å². The zero-order valence-electron chi connectivity index (χ0n) is 12.5. The van der Waals surface area contributed by atoms with E-state index < -0.39 is 0 Å². The minimum atomic E-state index is 0. The first kappa shape index (κ1) is 18.5. The average Bonchev–Trinajstić information content (AvgIpc) is 2.96. The molecule has 2 N–H and O–H groups in total. The SMILES string of the molecule is CN=C(NCc1cc(Br)ccc1OC)NC1CCCC1.I. The molecule has 0 saturated heterocycles. The minimum Gasteiger partial charge on any atom is -0.496 e. The summed E-state index contributed by atoms with van der Waals surface area (Å²) in [5.74, 6) is 1.75. The van der Waals surface area contributed by atoms with Crippen LogP contribution in [0.25, 0.3) is 0 Å². The van der Waals surface area contributed by atoms with E-state index in [1.54, 1.807) is 7.11 Å². The standard InChI is InChI=1S/C15H22BrN3O.HI/c1-17-15(19-13-5-3-4-6-13)18-10-11-9-12(16)7-8-14(11)20-2;/h7-9,13H,3-6,10H2,1-2H3,(H2,17,18,19);1H. The number of hydrogen-bond acceptors (Lipinski definition) is 2. The van der Waals surface area contributed by atoms with E-state index in [-0.39, 0.29) is 24.0 Å². The van der Waals surface area contributed by atoms with Crippen molar-refractivity contribution >= 4 is 45.9 Å². The Morgan fingerprint density at radius 2 is 2.10 bits per heavy atom. The first-order valence-electron chi connectivity index (χ1n) is 7.02. The van der Waals surface area contributed by atoms with Gasteiger partial charge in [0.2, 0.25) is 0 Å². The highest BCUT2D eigenvalue weighted by Gasteiger charge is 2.16. The van der Waals surface area contributed by atoms with E-state index in [0.29, 0.717) is 12.6 Å². The van der Waals surface area contributed by atoms with E-state index in [1.165, 1.54) is 25.7 Å². The van der Waals surface area contributed by atoms with Crippen LogP contribution < -0.4 is 15.4 Å². The van der Waals surface area contributed by atoms with Crippen LogP contribution in [0.5, 0.6) is 5.75 Å². The molecule has 1 saturated carbocycles. The van der Waals surface area contributed by atoms with Crippen LogP contribution in [0.3, 0.4) is 0 Å². The van der Waals surface area contributed by atoms with Gasteiger partial charge < -0.3 is 15.4 Å². The fourth-order valence-electron chi connectivity index (χ4n) is 2.52. The zero-order chi connectivity index (χ0) is 14.4. The molecule has 1 aliphatic rings. The van der Waals surface area contributed by atoms with E-state index in [2.05, 4.69) is 37.6 Å². The molecule has 1 aromatic carbocycles. The van der Waals surface area contributed by atoms with Gasteiger partial charge in [0, 0.05) is 29.7 Å². The number of aliphatic imine (C=N–C) groups is 1. The van der Waals surface area contributed by atoms with Crippen LogP contribution in [0, 0.1) is 0 Å². The van der Waals surface area contributed by atoms with Crippen LogP contribution in [0.1, 0.15) is 31.2 Å². The average molecular weight is 468 g/mol. The van der Waals surface area contributed by atoms with Gasteiger partial charge in [-0.1, -0.05) is 28.8 Å². The number of guanidine groups is 1. The van der Waals surface area contributed by atoms with Crippen molar-refractivity contribution in [1.29, 1.82) is 0 Å². The van der Waals surface area contributed by atoms with Crippen molar-refractivity contribution in [1.82, 2.24) is 10.6 Å². The van der Waals surface area contributed by atoms with Crippen LogP contribution in [-0.2, 0) is 6.54 Å². The lowest BCUT2D eigenvalue weighted by Crippen LogP contribution is -2.41. The Kier molecular flexibility index (Phi) is 8.39. The van der Waals surface area contributed by atoms with Crippen molar-refractivity contribution in [2.45, 2.75) is 38.3 Å². The highest BCUT2D eigenvalue weighted by Crippen LogP contribution is 2.22. The molecule has 0 amide bonds. The molecule has 0 aliphatic heterocycles. The van der Waals surface area contributed by atoms with Gasteiger partial charge in [0.1, 0.15) is 5.75 Å². The number of nitrogens with zero attached hydrogens (tertiary/aromatic N) is 1. The number of nitrogens with one attached hydrogen (secondary N) is 2. The van der Waals surface area contributed by atoms with E-state index in [4.69, 9.17) is 4.74 Å². The van der Waals surface area contributed by atoms with E-state index >= 15 is 0 Å². The summed E-state index contributed by atoms with van der Waals surface area (Å²) in [4.78, 5) is 4.29. The van der Waals surface area contributed by atoms with Crippen molar-refractivity contribution in [3.05, 3.63) is 28.2 Å². The third-order valence-electron chi connectivity index (χ3n) is 3.61. The molecule has 0 aromatic heterocycles. The van der Waals surface area contributed by atoms with Gasteiger partial charge in [-0.2, -0.15) is 0 Å². The predicted octanol–water partition coefficient (Wildman–Crippen LogP) is 3.68. The Balaban J connectivity index is 0.00000220. The minimum absolute atomic E-state index is 0. The summed E-state index contributed by atoms with van der Waals surface area (Å²) < 4.78 is 6.43. The van der Waals surface area contributed by atoms with E-state index in [1.807, 2.05) is 19.2 Å². The molecule has 0 atom stereocenters. The Labute approximate surface area is 152 Å². The van der Waals surface area contributed by atoms with E-state index in [9.17, 15) is 0 Å². The van der Waals surface area contributed by atoms with Crippen molar-refractivity contribution in [2.24, 2.45) is 4.99 Å². The molecule has 0 radical (unpaired) electrons. The maximum absolute atomic E-state index is 5.38. The quantitative estimate of drug-likeness (QED) is 0.403. The molecule has 2 rings (SSSR count). The summed E-state index contributed by atoms with van der Waals surface area (Å²) >= 11 is 3.49. The second-order valence-electron chi connectivity index (χ2n) is 5.01. The van der Waals surface area contributed by atoms with Crippen LogP contribution >= 0.6 is 39.9 Å². The van der Waals surface area contributed by atoms with Crippen molar-refractivity contribution in [3.63, 3.8) is 0 Å². The van der Waals surface area contributed by atoms with Gasteiger partial charge in [0.25, 0.3) is 0 Å². The monoisotopic (exact) mass is 467 g/mol. The molecule has 6 heteroatoms. The summed E-state index contributed by atoms with van der Waals surface area (Å²) in [5.41, 5.74) is 1.11. The maximum Gasteiger partial charge on any atom is 0.191 e. The van der Waals surface area contributed by atoms with Crippen LogP contribution in [-0.4, -0.2) is 26.2 Å². The fourth-order valence-corrected chi connectivity index (χ4v) is 2.93. The fraction of sp³-hybridized carbons (Fsp3) is 0.533. The van der Waals surface area contributed by atoms with Gasteiger partial charge in [-0.15, -0.1) is 24.0 Å². The van der Waals surface area contributed by atoms with Gasteiger partial charge in [-0.3, -0.25) is 4.99 Å². The smallest absolute Gasteiger partial charge is 0.191 e. The summed E-state index contributed by atoms with van der Waals surface area (Å²) in [5, 5.41) is 6.83. The Hall–Kier alpha value is -0.500. The second kappa shape index (κ2) is 9.50. The highest BCUT2D eigenvalue weighted by molar-refractivity contribution is 14.0. The summed E-state index contributed by atoms with van der Waals surface area (Å²) in [7, 11) is 3.50. The molecule has 0 heterocycles. The van der Waals surface area contributed by atoms with E-state index in [0.717, 1.165) is 21.7 Å². The number of methoxy groups -OCH3 is 1. The lowest BCUT2D eigenvalue weighted by atomic mass is 10.2. The third kappa shape index (κ3) is 5.65.